The number of carbonyl (C=O) groups excluding carboxylic acids is 1. The maximum absolute atomic E-state index is 10.9. The van der Waals surface area contributed by atoms with E-state index < -0.39 is 0 Å². The number of ketones is 1. The lowest BCUT2D eigenvalue weighted by molar-refractivity contribution is 0.105. The molecule has 1 aromatic heterocycles. The van der Waals surface area contributed by atoms with Crippen LogP contribution in [-0.2, 0) is 0 Å². The van der Waals surface area contributed by atoms with Gasteiger partial charge in [-0.3, -0.25) is 4.79 Å². The van der Waals surface area contributed by atoms with Gasteiger partial charge in [0.2, 0.25) is 0 Å². The number of hydrogen-bond acceptors (Lipinski definition) is 2. The molecular formula is C8H8OS. The van der Waals surface area contributed by atoms with Gasteiger partial charge in [-0.15, -0.1) is 11.3 Å². The number of thiophene rings is 1. The summed E-state index contributed by atoms with van der Waals surface area (Å²) in [7, 11) is 0. The van der Waals surface area contributed by atoms with Gasteiger partial charge in [-0.1, -0.05) is 6.58 Å². The maximum atomic E-state index is 10.9. The van der Waals surface area contributed by atoms with E-state index in [1.807, 2.05) is 18.4 Å². The third-order valence-electron chi connectivity index (χ3n) is 1.16. The fourth-order valence-electron chi connectivity index (χ4n) is 0.661. The van der Waals surface area contributed by atoms with Crippen molar-refractivity contribution in [2.24, 2.45) is 0 Å². The van der Waals surface area contributed by atoms with Crippen molar-refractivity contribution < 1.29 is 4.79 Å². The van der Waals surface area contributed by atoms with Gasteiger partial charge < -0.3 is 0 Å². The van der Waals surface area contributed by atoms with Gasteiger partial charge in [0.1, 0.15) is 0 Å². The van der Waals surface area contributed by atoms with E-state index in [2.05, 4.69) is 6.58 Å². The summed E-state index contributed by atoms with van der Waals surface area (Å²) in [5, 5.41) is 1.96. The lowest BCUT2D eigenvalue weighted by Gasteiger charge is -1.82. The summed E-state index contributed by atoms with van der Waals surface area (Å²) in [4.78, 5) is 11.7. The number of aryl methyl sites for hydroxylation is 1. The lowest BCUT2D eigenvalue weighted by Crippen LogP contribution is -1.86. The van der Waals surface area contributed by atoms with E-state index in [0.29, 0.717) is 0 Å². The van der Waals surface area contributed by atoms with E-state index in [0.717, 1.165) is 10.4 Å². The van der Waals surface area contributed by atoms with E-state index in [1.54, 1.807) is 0 Å². The average molecular weight is 152 g/mol. The number of carbonyl (C=O) groups is 1. The SMILES string of the molecule is C=CC(=O)c1cc(C)cs1. The zero-order chi connectivity index (χ0) is 7.56. The van der Waals surface area contributed by atoms with Crippen LogP contribution in [0.15, 0.2) is 24.1 Å². The predicted molar refractivity (Wildman–Crippen MR) is 43.6 cm³/mol. The van der Waals surface area contributed by atoms with Gasteiger partial charge in [-0.2, -0.15) is 0 Å². The number of allylic oxidation sites excluding steroid dienone is 1. The van der Waals surface area contributed by atoms with E-state index in [4.69, 9.17) is 0 Å². The van der Waals surface area contributed by atoms with E-state index >= 15 is 0 Å². The molecule has 0 atom stereocenters. The summed E-state index contributed by atoms with van der Waals surface area (Å²) < 4.78 is 0. The van der Waals surface area contributed by atoms with E-state index in [-0.39, 0.29) is 5.78 Å². The smallest absolute Gasteiger partial charge is 0.195 e. The van der Waals surface area contributed by atoms with Crippen LogP contribution in [0.5, 0.6) is 0 Å². The van der Waals surface area contributed by atoms with Crippen molar-refractivity contribution in [2.75, 3.05) is 0 Å². The number of rotatable bonds is 2. The Hall–Kier alpha value is -0.890. The van der Waals surface area contributed by atoms with Crippen LogP contribution in [0.3, 0.4) is 0 Å². The molecule has 0 N–H and O–H groups in total. The Morgan fingerprint density at radius 1 is 1.80 bits per heavy atom. The van der Waals surface area contributed by atoms with Crippen molar-refractivity contribution in [2.45, 2.75) is 6.92 Å². The van der Waals surface area contributed by atoms with Gasteiger partial charge in [0.05, 0.1) is 4.88 Å². The summed E-state index contributed by atoms with van der Waals surface area (Å²) in [5.74, 6) is 0.0121. The predicted octanol–water partition coefficient (Wildman–Crippen LogP) is 2.43. The van der Waals surface area contributed by atoms with Crippen LogP contribution in [0.4, 0.5) is 0 Å². The molecule has 1 nitrogen and oxygen atoms in total. The fraction of sp³-hybridized carbons (Fsp3) is 0.125. The molecule has 0 bridgehead atoms. The molecule has 0 saturated carbocycles. The fourth-order valence-corrected chi connectivity index (χ4v) is 1.50. The van der Waals surface area contributed by atoms with Crippen molar-refractivity contribution in [3.8, 4) is 0 Å². The van der Waals surface area contributed by atoms with Gasteiger partial charge >= 0.3 is 0 Å². The Labute approximate surface area is 64.0 Å². The zero-order valence-corrected chi connectivity index (χ0v) is 6.57. The van der Waals surface area contributed by atoms with Crippen LogP contribution in [0.25, 0.3) is 0 Å². The molecule has 1 heterocycles. The van der Waals surface area contributed by atoms with Crippen molar-refractivity contribution in [1.82, 2.24) is 0 Å². The number of hydrogen-bond donors (Lipinski definition) is 0. The molecule has 1 aromatic rings. The first kappa shape index (κ1) is 7.22. The molecule has 0 unspecified atom stereocenters. The monoisotopic (exact) mass is 152 g/mol. The molecule has 1 rings (SSSR count). The Balaban J connectivity index is 2.95. The van der Waals surface area contributed by atoms with Crippen molar-refractivity contribution >= 4 is 17.1 Å². The van der Waals surface area contributed by atoms with Crippen LogP contribution in [0, 0.1) is 6.92 Å². The highest BCUT2D eigenvalue weighted by molar-refractivity contribution is 7.12. The summed E-state index contributed by atoms with van der Waals surface area (Å²) >= 11 is 1.46. The average Bonchev–Trinajstić information content (AvgIpc) is 2.34. The summed E-state index contributed by atoms with van der Waals surface area (Å²) in [6, 6.07) is 1.87. The highest BCUT2D eigenvalue weighted by atomic mass is 32.1. The Morgan fingerprint density at radius 3 is 2.90 bits per heavy atom. The Morgan fingerprint density at radius 2 is 2.50 bits per heavy atom. The highest BCUT2D eigenvalue weighted by Crippen LogP contribution is 2.13. The Kier molecular flexibility index (Phi) is 2.02. The first-order valence-electron chi connectivity index (χ1n) is 2.96. The lowest BCUT2D eigenvalue weighted by atomic mass is 10.3. The van der Waals surface area contributed by atoms with Crippen molar-refractivity contribution in [3.63, 3.8) is 0 Å². The summed E-state index contributed by atoms with van der Waals surface area (Å²) in [5.41, 5.74) is 1.13. The van der Waals surface area contributed by atoms with E-state index in [1.165, 1.54) is 17.4 Å². The van der Waals surface area contributed by atoms with E-state index in [9.17, 15) is 4.79 Å². The quantitative estimate of drug-likeness (QED) is 0.470. The van der Waals surface area contributed by atoms with Crippen LogP contribution in [0.1, 0.15) is 15.2 Å². The molecule has 0 saturated heterocycles. The minimum Gasteiger partial charge on any atom is -0.288 e. The van der Waals surface area contributed by atoms with Crippen LogP contribution in [-0.4, -0.2) is 5.78 Å². The minimum absolute atomic E-state index is 0.0121. The molecule has 0 aromatic carbocycles. The van der Waals surface area contributed by atoms with Gasteiger partial charge in [0.15, 0.2) is 5.78 Å². The van der Waals surface area contributed by atoms with Crippen molar-refractivity contribution in [3.05, 3.63) is 34.5 Å². The molecule has 0 aliphatic rings. The summed E-state index contributed by atoms with van der Waals surface area (Å²) in [6.07, 6.45) is 1.34. The first-order chi connectivity index (χ1) is 4.74. The van der Waals surface area contributed by atoms with Gasteiger partial charge in [-0.05, 0) is 30.0 Å². The normalized spacial score (nSPS) is 9.30. The van der Waals surface area contributed by atoms with Gasteiger partial charge in [0, 0.05) is 0 Å². The van der Waals surface area contributed by atoms with Gasteiger partial charge in [0.25, 0.3) is 0 Å². The molecule has 0 radical (unpaired) electrons. The van der Waals surface area contributed by atoms with Gasteiger partial charge in [-0.25, -0.2) is 0 Å². The maximum Gasteiger partial charge on any atom is 0.195 e. The second-order valence-corrected chi connectivity index (χ2v) is 2.97. The zero-order valence-electron chi connectivity index (χ0n) is 5.76. The standard InChI is InChI=1S/C8H8OS/c1-3-7(9)8-4-6(2)5-10-8/h3-5H,1H2,2H3. The molecule has 2 heteroatoms. The molecule has 0 spiro atoms. The third-order valence-corrected chi connectivity index (χ3v) is 2.22. The highest BCUT2D eigenvalue weighted by Gasteiger charge is 2.01. The van der Waals surface area contributed by atoms with Crippen LogP contribution < -0.4 is 0 Å². The molecular weight excluding hydrogens is 144 g/mol. The topological polar surface area (TPSA) is 17.1 Å². The van der Waals surface area contributed by atoms with Crippen LogP contribution in [0.2, 0.25) is 0 Å². The first-order valence-corrected chi connectivity index (χ1v) is 3.84. The largest absolute Gasteiger partial charge is 0.288 e. The Bertz CT molecular complexity index is 260. The second-order valence-electron chi connectivity index (χ2n) is 2.06. The minimum atomic E-state index is 0.0121. The molecule has 52 valence electrons. The second kappa shape index (κ2) is 2.80. The third kappa shape index (κ3) is 1.33. The molecule has 0 fully saturated rings. The van der Waals surface area contributed by atoms with Crippen LogP contribution >= 0.6 is 11.3 Å². The molecule has 0 aliphatic heterocycles. The molecule has 0 amide bonds. The van der Waals surface area contributed by atoms with Crippen molar-refractivity contribution in [1.29, 1.82) is 0 Å². The molecule has 0 aliphatic carbocycles. The molecule has 10 heavy (non-hydrogen) atoms. The summed E-state index contributed by atoms with van der Waals surface area (Å²) in [6.45, 7) is 5.37.